The fourth-order valence-corrected chi connectivity index (χ4v) is 3.87. The van der Waals surface area contributed by atoms with Crippen LogP contribution in [0.25, 0.3) is 15.4 Å². The van der Waals surface area contributed by atoms with Gasteiger partial charge in [-0.25, -0.2) is 9.37 Å². The average molecular weight is 374 g/mol. The van der Waals surface area contributed by atoms with Crippen molar-refractivity contribution in [3.05, 3.63) is 48.2 Å². The molecular formula is C18H19FN4O2S. The van der Waals surface area contributed by atoms with E-state index in [4.69, 9.17) is 4.74 Å². The maximum Gasteiger partial charge on any atom is 0.271 e. The van der Waals surface area contributed by atoms with Crippen LogP contribution in [-0.2, 0) is 4.74 Å². The van der Waals surface area contributed by atoms with Crippen molar-refractivity contribution in [2.45, 2.75) is 0 Å². The Bertz CT molecular complexity index is 868. The third-order valence-corrected chi connectivity index (χ3v) is 5.38. The van der Waals surface area contributed by atoms with E-state index in [1.165, 1.54) is 23.5 Å². The lowest BCUT2D eigenvalue weighted by Gasteiger charge is -2.26. The number of amides is 1. The van der Waals surface area contributed by atoms with Crippen LogP contribution >= 0.6 is 11.3 Å². The molecule has 0 atom stereocenters. The van der Waals surface area contributed by atoms with E-state index in [1.807, 2.05) is 10.6 Å². The summed E-state index contributed by atoms with van der Waals surface area (Å²) in [6, 6.07) is 6.34. The number of carbonyl (C=O) groups excluding carboxylic acids is 1. The first kappa shape index (κ1) is 17.1. The second-order valence-electron chi connectivity index (χ2n) is 6.13. The maximum atomic E-state index is 13.0. The normalized spacial score (nSPS) is 15.4. The van der Waals surface area contributed by atoms with Crippen LogP contribution in [0.5, 0.6) is 0 Å². The number of hydrogen-bond acceptors (Lipinski definition) is 5. The summed E-state index contributed by atoms with van der Waals surface area (Å²) in [4.78, 5) is 20.7. The molecule has 1 amide bonds. The molecule has 1 aromatic carbocycles. The van der Waals surface area contributed by atoms with E-state index in [0.717, 1.165) is 48.2 Å². The van der Waals surface area contributed by atoms with Gasteiger partial charge in [-0.3, -0.25) is 14.1 Å². The molecule has 1 saturated heterocycles. The highest BCUT2D eigenvalue weighted by molar-refractivity contribution is 7.20. The lowest BCUT2D eigenvalue weighted by Crippen LogP contribution is -2.41. The van der Waals surface area contributed by atoms with Crippen molar-refractivity contribution in [2.75, 3.05) is 39.4 Å². The molecular weight excluding hydrogens is 355 g/mol. The summed E-state index contributed by atoms with van der Waals surface area (Å²) in [5.41, 5.74) is 1.34. The topological polar surface area (TPSA) is 58.9 Å². The number of morpholine rings is 1. The number of halogens is 1. The van der Waals surface area contributed by atoms with Crippen molar-refractivity contribution in [1.82, 2.24) is 19.6 Å². The van der Waals surface area contributed by atoms with Gasteiger partial charge in [-0.2, -0.15) is 0 Å². The number of hydrogen-bond donors (Lipinski definition) is 1. The van der Waals surface area contributed by atoms with Crippen molar-refractivity contribution in [2.24, 2.45) is 0 Å². The zero-order valence-corrected chi connectivity index (χ0v) is 15.0. The van der Waals surface area contributed by atoms with Gasteiger partial charge in [-0.15, -0.1) is 0 Å². The predicted molar refractivity (Wildman–Crippen MR) is 98.1 cm³/mol. The van der Waals surface area contributed by atoms with Gasteiger partial charge >= 0.3 is 0 Å². The van der Waals surface area contributed by atoms with Crippen LogP contribution < -0.4 is 5.32 Å². The fraction of sp³-hybridized carbons (Fsp3) is 0.333. The summed E-state index contributed by atoms with van der Waals surface area (Å²) in [5, 5.41) is 2.92. The summed E-state index contributed by atoms with van der Waals surface area (Å²) in [6.07, 6.45) is 3.63. The third kappa shape index (κ3) is 3.77. The van der Waals surface area contributed by atoms with Gasteiger partial charge in [0.25, 0.3) is 5.91 Å². The minimum absolute atomic E-state index is 0.169. The minimum Gasteiger partial charge on any atom is -0.379 e. The van der Waals surface area contributed by atoms with Gasteiger partial charge in [-0.05, 0) is 17.7 Å². The van der Waals surface area contributed by atoms with Gasteiger partial charge in [0.2, 0.25) is 0 Å². The van der Waals surface area contributed by atoms with E-state index in [2.05, 4.69) is 15.2 Å². The number of benzene rings is 1. The number of nitrogens with one attached hydrogen (secondary N) is 1. The molecule has 0 bridgehead atoms. The Morgan fingerprint density at radius 1 is 1.23 bits per heavy atom. The number of fused-ring (bicyclic) bond motifs is 1. The number of aromatic nitrogens is 2. The van der Waals surface area contributed by atoms with E-state index >= 15 is 0 Å². The molecule has 136 valence electrons. The average Bonchev–Trinajstić information content (AvgIpc) is 3.22. The third-order valence-electron chi connectivity index (χ3n) is 4.33. The first-order chi connectivity index (χ1) is 12.7. The van der Waals surface area contributed by atoms with Crippen LogP contribution in [0.3, 0.4) is 0 Å². The van der Waals surface area contributed by atoms with Crippen LogP contribution in [0.2, 0.25) is 0 Å². The van der Waals surface area contributed by atoms with Crippen molar-refractivity contribution >= 4 is 22.2 Å². The summed E-state index contributed by atoms with van der Waals surface area (Å²) >= 11 is 1.47. The van der Waals surface area contributed by atoms with Gasteiger partial charge in [0, 0.05) is 38.6 Å². The van der Waals surface area contributed by atoms with E-state index in [9.17, 15) is 9.18 Å². The van der Waals surface area contributed by atoms with Crippen molar-refractivity contribution in [3.63, 3.8) is 0 Å². The highest BCUT2D eigenvalue weighted by atomic mass is 32.1. The van der Waals surface area contributed by atoms with Crippen LogP contribution in [-0.4, -0.2) is 59.6 Å². The Labute approximate surface area is 154 Å². The standard InChI is InChI=1S/C18H19FN4O2S/c19-14-3-1-13(2-4-14)16-12-23-11-15(21-18(23)26-16)17(24)20-5-6-22-7-9-25-10-8-22/h1-4,11-12H,5-10H2,(H,20,24). The summed E-state index contributed by atoms with van der Waals surface area (Å²) < 4.78 is 20.2. The van der Waals surface area contributed by atoms with Crippen LogP contribution in [0.4, 0.5) is 4.39 Å². The fourth-order valence-electron chi connectivity index (χ4n) is 2.90. The quantitative estimate of drug-likeness (QED) is 0.744. The van der Waals surface area contributed by atoms with E-state index in [1.54, 1.807) is 18.3 Å². The van der Waals surface area contributed by atoms with Gasteiger partial charge in [0.1, 0.15) is 11.5 Å². The Balaban J connectivity index is 1.38. The van der Waals surface area contributed by atoms with Gasteiger partial charge < -0.3 is 10.1 Å². The van der Waals surface area contributed by atoms with E-state index in [-0.39, 0.29) is 11.7 Å². The molecule has 3 aromatic rings. The lowest BCUT2D eigenvalue weighted by atomic mass is 10.2. The van der Waals surface area contributed by atoms with Gasteiger partial charge in [0.05, 0.1) is 18.1 Å². The second-order valence-corrected chi connectivity index (χ2v) is 7.14. The Morgan fingerprint density at radius 2 is 2.00 bits per heavy atom. The zero-order valence-electron chi connectivity index (χ0n) is 14.2. The predicted octanol–water partition coefficient (Wildman–Crippen LogP) is 2.26. The smallest absolute Gasteiger partial charge is 0.271 e. The highest BCUT2D eigenvalue weighted by Crippen LogP contribution is 2.28. The number of ether oxygens (including phenoxy) is 1. The largest absolute Gasteiger partial charge is 0.379 e. The van der Waals surface area contributed by atoms with Crippen LogP contribution in [0.15, 0.2) is 36.7 Å². The molecule has 1 fully saturated rings. The van der Waals surface area contributed by atoms with Gasteiger partial charge in [0.15, 0.2) is 4.96 Å². The van der Waals surface area contributed by atoms with E-state index in [0.29, 0.717) is 12.2 Å². The van der Waals surface area contributed by atoms with E-state index < -0.39 is 0 Å². The molecule has 0 unspecified atom stereocenters. The molecule has 0 spiro atoms. The van der Waals surface area contributed by atoms with Crippen LogP contribution in [0, 0.1) is 5.82 Å². The molecule has 3 heterocycles. The zero-order chi connectivity index (χ0) is 17.9. The maximum absolute atomic E-state index is 13.0. The summed E-state index contributed by atoms with van der Waals surface area (Å²) in [5.74, 6) is -0.427. The molecule has 1 aliphatic heterocycles. The summed E-state index contributed by atoms with van der Waals surface area (Å²) in [6.45, 7) is 4.71. The highest BCUT2D eigenvalue weighted by Gasteiger charge is 2.15. The van der Waals surface area contributed by atoms with Crippen molar-refractivity contribution < 1.29 is 13.9 Å². The lowest BCUT2D eigenvalue weighted by molar-refractivity contribution is 0.0383. The molecule has 0 radical (unpaired) electrons. The molecule has 26 heavy (non-hydrogen) atoms. The molecule has 1 aliphatic rings. The van der Waals surface area contributed by atoms with Crippen molar-refractivity contribution in [1.29, 1.82) is 0 Å². The summed E-state index contributed by atoms with van der Waals surface area (Å²) in [7, 11) is 0. The Hall–Kier alpha value is -2.29. The second kappa shape index (κ2) is 7.53. The van der Waals surface area contributed by atoms with Gasteiger partial charge in [-0.1, -0.05) is 23.5 Å². The number of thiazole rings is 1. The number of rotatable bonds is 5. The minimum atomic E-state index is -0.258. The molecule has 1 N–H and O–H groups in total. The number of carbonyl (C=O) groups is 1. The molecule has 0 aliphatic carbocycles. The molecule has 4 rings (SSSR count). The molecule has 8 heteroatoms. The molecule has 2 aromatic heterocycles. The number of imidazole rings is 1. The van der Waals surface area contributed by atoms with Crippen molar-refractivity contribution in [3.8, 4) is 10.4 Å². The number of nitrogens with zero attached hydrogens (tertiary/aromatic N) is 3. The molecule has 0 saturated carbocycles. The van der Waals surface area contributed by atoms with Crippen LogP contribution in [0.1, 0.15) is 10.5 Å². The Kier molecular flexibility index (Phi) is 4.96. The monoisotopic (exact) mass is 374 g/mol. The SMILES string of the molecule is O=C(NCCN1CCOCC1)c1cn2cc(-c3ccc(F)cc3)sc2n1. The Morgan fingerprint density at radius 3 is 2.73 bits per heavy atom. The first-order valence-electron chi connectivity index (χ1n) is 8.52. The first-order valence-corrected chi connectivity index (χ1v) is 9.33. The molecule has 6 nitrogen and oxygen atoms in total.